The first kappa shape index (κ1) is 18.1. The molecule has 0 aromatic heterocycles. The fourth-order valence-corrected chi connectivity index (χ4v) is 4.50. The minimum absolute atomic E-state index is 0.144. The van der Waals surface area contributed by atoms with E-state index in [0.717, 1.165) is 31.2 Å². The maximum absolute atomic E-state index is 9.93. The summed E-state index contributed by atoms with van der Waals surface area (Å²) in [7, 11) is 0. The fourth-order valence-electron chi connectivity index (χ4n) is 4.50. The number of aliphatic hydroxyl groups is 1. The monoisotopic (exact) mass is 360 g/mol. The van der Waals surface area contributed by atoms with Crippen LogP contribution in [-0.2, 0) is 25.6 Å². The highest BCUT2D eigenvalue weighted by atomic mass is 16.8. The van der Waals surface area contributed by atoms with E-state index in [0.29, 0.717) is 13.0 Å². The lowest BCUT2D eigenvalue weighted by molar-refractivity contribution is -0.266. The van der Waals surface area contributed by atoms with E-state index in [-0.39, 0.29) is 12.7 Å². The second-order valence-corrected chi connectivity index (χ2v) is 7.53. The molecule has 2 heterocycles. The molecule has 4 rings (SSSR count). The predicted octanol–water partition coefficient (Wildman–Crippen LogP) is 3.31. The van der Waals surface area contributed by atoms with E-state index >= 15 is 0 Å². The average Bonchev–Trinajstić information content (AvgIpc) is 3.15. The van der Waals surface area contributed by atoms with Crippen LogP contribution in [0.15, 0.2) is 43.0 Å². The third kappa shape index (κ3) is 3.12. The number of hydrogen-bond donors (Lipinski definition) is 1. The fraction of sp³-hybridized carbons (Fsp3) is 0.619. The molecule has 5 heteroatoms. The van der Waals surface area contributed by atoms with Gasteiger partial charge in [0.25, 0.3) is 0 Å². The van der Waals surface area contributed by atoms with Crippen LogP contribution in [0.1, 0.15) is 44.1 Å². The first-order chi connectivity index (χ1) is 12.7. The van der Waals surface area contributed by atoms with Gasteiger partial charge in [-0.3, -0.25) is 0 Å². The van der Waals surface area contributed by atoms with Gasteiger partial charge in [0.05, 0.1) is 13.2 Å². The third-order valence-electron chi connectivity index (χ3n) is 5.84. The van der Waals surface area contributed by atoms with E-state index < -0.39 is 23.8 Å². The summed E-state index contributed by atoms with van der Waals surface area (Å²) in [5.41, 5.74) is 0.278. The number of aliphatic hydroxyl groups excluding tert-OH is 1. The van der Waals surface area contributed by atoms with Crippen LogP contribution in [0.3, 0.4) is 0 Å². The molecular weight excluding hydrogens is 332 g/mol. The van der Waals surface area contributed by atoms with Crippen molar-refractivity contribution in [1.82, 2.24) is 0 Å². The van der Waals surface area contributed by atoms with Crippen molar-refractivity contribution >= 4 is 0 Å². The van der Waals surface area contributed by atoms with Crippen LogP contribution in [0, 0.1) is 0 Å². The van der Waals surface area contributed by atoms with Gasteiger partial charge < -0.3 is 24.1 Å². The molecular formula is C21H28O5. The molecule has 26 heavy (non-hydrogen) atoms. The first-order valence-electron chi connectivity index (χ1n) is 9.62. The van der Waals surface area contributed by atoms with Gasteiger partial charge in [-0.05, 0) is 24.8 Å². The number of fused-ring (bicyclic) bond motifs is 1. The van der Waals surface area contributed by atoms with Crippen molar-refractivity contribution in [3.8, 4) is 0 Å². The minimum atomic E-state index is -0.794. The summed E-state index contributed by atoms with van der Waals surface area (Å²) in [6.45, 7) is 4.18. The van der Waals surface area contributed by atoms with Crippen molar-refractivity contribution in [3.63, 3.8) is 0 Å². The largest absolute Gasteiger partial charge is 0.394 e. The lowest BCUT2D eigenvalue weighted by Crippen LogP contribution is -2.52. The molecule has 4 atom stereocenters. The maximum Gasteiger partial charge on any atom is 0.190 e. The molecule has 142 valence electrons. The Morgan fingerprint density at radius 1 is 1.15 bits per heavy atom. The zero-order valence-electron chi connectivity index (χ0n) is 15.1. The lowest BCUT2D eigenvalue weighted by Gasteiger charge is -2.39. The Bertz CT molecular complexity index is 612. The normalized spacial score (nSPS) is 35.5. The molecule has 1 spiro atoms. The molecule has 1 aliphatic carbocycles. The van der Waals surface area contributed by atoms with Crippen LogP contribution in [0.4, 0.5) is 0 Å². The van der Waals surface area contributed by atoms with Gasteiger partial charge in [0, 0.05) is 12.8 Å². The maximum atomic E-state index is 9.93. The molecule has 1 N–H and O–H groups in total. The van der Waals surface area contributed by atoms with E-state index in [1.165, 1.54) is 6.42 Å². The molecule has 0 unspecified atom stereocenters. The molecule has 2 aliphatic heterocycles. The van der Waals surface area contributed by atoms with Crippen LogP contribution in [0.5, 0.6) is 0 Å². The Balaban J connectivity index is 1.58. The molecule has 0 amide bonds. The van der Waals surface area contributed by atoms with Crippen LogP contribution < -0.4 is 0 Å². The van der Waals surface area contributed by atoms with Crippen molar-refractivity contribution in [3.05, 3.63) is 48.6 Å². The Kier molecular flexibility index (Phi) is 5.17. The van der Waals surface area contributed by atoms with E-state index in [2.05, 4.69) is 6.58 Å². The van der Waals surface area contributed by atoms with Gasteiger partial charge in [-0.1, -0.05) is 42.8 Å². The topological polar surface area (TPSA) is 57.2 Å². The Hall–Kier alpha value is -1.24. The summed E-state index contributed by atoms with van der Waals surface area (Å²) in [4.78, 5) is 0. The average molecular weight is 360 g/mol. The van der Waals surface area contributed by atoms with Crippen LogP contribution in [0.2, 0.25) is 0 Å². The second-order valence-electron chi connectivity index (χ2n) is 7.53. The molecule has 3 aliphatic rings. The standard InChI is InChI=1S/C21H28O5/c1-2-11-21(23-15-16-9-5-3-6-10-16)17(14-22)24-19-18(21)25-20(26-19)12-7-4-8-13-20/h2-3,5-6,9-10,17-19,22H,1,4,7-8,11-15H2/t17-,18+,19-,21-/m1/s1. The van der Waals surface area contributed by atoms with Gasteiger partial charge in [0.2, 0.25) is 0 Å². The SMILES string of the molecule is C=CC[C@@]1(OCc2ccccc2)[C@@H](CO)O[C@@H]2OC3(CCCCC3)O[C@@H]21. The van der Waals surface area contributed by atoms with E-state index in [4.69, 9.17) is 18.9 Å². The number of rotatable bonds is 6. The van der Waals surface area contributed by atoms with Gasteiger partial charge in [-0.2, -0.15) is 0 Å². The molecule has 5 nitrogen and oxygen atoms in total. The zero-order valence-corrected chi connectivity index (χ0v) is 15.1. The van der Waals surface area contributed by atoms with Crippen molar-refractivity contribution in [2.24, 2.45) is 0 Å². The van der Waals surface area contributed by atoms with Gasteiger partial charge >= 0.3 is 0 Å². The van der Waals surface area contributed by atoms with Gasteiger partial charge in [0.15, 0.2) is 12.1 Å². The summed E-state index contributed by atoms with van der Waals surface area (Å²) in [5.74, 6) is -0.559. The Morgan fingerprint density at radius 3 is 2.62 bits per heavy atom. The number of benzene rings is 1. The molecule has 1 aromatic rings. The van der Waals surface area contributed by atoms with Crippen LogP contribution in [0.25, 0.3) is 0 Å². The smallest absolute Gasteiger partial charge is 0.190 e. The molecule has 0 radical (unpaired) electrons. The number of hydrogen-bond acceptors (Lipinski definition) is 5. The first-order valence-corrected chi connectivity index (χ1v) is 9.62. The molecule has 0 bridgehead atoms. The molecule has 2 saturated heterocycles. The van der Waals surface area contributed by atoms with Crippen LogP contribution in [-0.4, -0.2) is 41.6 Å². The predicted molar refractivity (Wildman–Crippen MR) is 96.3 cm³/mol. The third-order valence-corrected chi connectivity index (χ3v) is 5.84. The highest BCUT2D eigenvalue weighted by molar-refractivity contribution is 5.15. The summed E-state index contributed by atoms with van der Waals surface area (Å²) < 4.78 is 25.2. The van der Waals surface area contributed by atoms with Crippen molar-refractivity contribution in [2.45, 2.75) is 75.0 Å². The van der Waals surface area contributed by atoms with E-state index in [1.54, 1.807) is 0 Å². The van der Waals surface area contributed by atoms with Crippen LogP contribution >= 0.6 is 0 Å². The molecule has 1 aromatic carbocycles. The zero-order chi connectivity index (χ0) is 18.0. The Labute approximate surface area is 154 Å². The summed E-state index contributed by atoms with van der Waals surface area (Å²) in [6, 6.07) is 10.0. The minimum Gasteiger partial charge on any atom is -0.394 e. The second kappa shape index (κ2) is 7.41. The molecule has 1 saturated carbocycles. The highest BCUT2D eigenvalue weighted by Gasteiger charge is 2.65. The van der Waals surface area contributed by atoms with E-state index in [9.17, 15) is 5.11 Å². The number of ether oxygens (including phenoxy) is 4. The lowest BCUT2D eigenvalue weighted by atomic mass is 9.88. The highest BCUT2D eigenvalue weighted by Crippen LogP contribution is 2.51. The van der Waals surface area contributed by atoms with Gasteiger partial charge in [-0.25, -0.2) is 0 Å². The Morgan fingerprint density at radius 2 is 1.92 bits per heavy atom. The van der Waals surface area contributed by atoms with Crippen molar-refractivity contribution in [2.75, 3.05) is 6.61 Å². The van der Waals surface area contributed by atoms with Crippen molar-refractivity contribution < 1.29 is 24.1 Å². The summed E-state index contributed by atoms with van der Waals surface area (Å²) >= 11 is 0. The summed E-state index contributed by atoms with van der Waals surface area (Å²) in [6.07, 6.45) is 6.17. The van der Waals surface area contributed by atoms with Gasteiger partial charge in [0.1, 0.15) is 17.8 Å². The summed E-state index contributed by atoms with van der Waals surface area (Å²) in [5, 5.41) is 9.93. The molecule has 3 fully saturated rings. The quantitative estimate of drug-likeness (QED) is 0.789. The van der Waals surface area contributed by atoms with Gasteiger partial charge in [-0.15, -0.1) is 6.58 Å². The van der Waals surface area contributed by atoms with Crippen molar-refractivity contribution in [1.29, 1.82) is 0 Å². The van der Waals surface area contributed by atoms with E-state index in [1.807, 2.05) is 36.4 Å².